The van der Waals surface area contributed by atoms with Gasteiger partial charge in [0.1, 0.15) is 0 Å². The van der Waals surface area contributed by atoms with Crippen molar-refractivity contribution in [2.45, 2.75) is 52.9 Å². The molecule has 0 aliphatic rings. The maximum Gasteiger partial charge on any atom is 0.249 e. The van der Waals surface area contributed by atoms with Crippen molar-refractivity contribution in [3.8, 4) is 11.3 Å². The molecule has 0 saturated heterocycles. The van der Waals surface area contributed by atoms with E-state index in [1.165, 1.54) is 17.2 Å². The molecular formula is C25H29N3O2. The molecule has 2 aromatic carbocycles. The lowest BCUT2D eigenvalue weighted by molar-refractivity contribution is -0.111. The predicted octanol–water partition coefficient (Wildman–Crippen LogP) is 5.81. The number of carbonyl (C=O) groups excluding carboxylic acids is 1. The molecule has 30 heavy (non-hydrogen) atoms. The van der Waals surface area contributed by atoms with Crippen LogP contribution in [0, 0.1) is 0 Å². The summed E-state index contributed by atoms with van der Waals surface area (Å²) in [6, 6.07) is 14.5. The number of benzene rings is 2. The number of rotatable bonds is 6. The van der Waals surface area contributed by atoms with Gasteiger partial charge in [-0.05, 0) is 63.0 Å². The fraction of sp³-hybridized carbons (Fsp3) is 0.320. The number of hydrogen-bond donors (Lipinski definition) is 1. The highest BCUT2D eigenvalue weighted by Gasteiger charge is 2.17. The second kappa shape index (κ2) is 9.08. The second-order valence-electron chi connectivity index (χ2n) is 8.35. The number of anilines is 1. The van der Waals surface area contributed by atoms with E-state index in [0.29, 0.717) is 11.5 Å². The van der Waals surface area contributed by atoms with Gasteiger partial charge in [-0.2, -0.15) is 0 Å². The highest BCUT2D eigenvalue weighted by molar-refractivity contribution is 6.03. The summed E-state index contributed by atoms with van der Waals surface area (Å²) in [6.45, 7) is 10.7. The Labute approximate surface area is 178 Å². The van der Waals surface area contributed by atoms with Crippen LogP contribution in [-0.2, 0) is 23.1 Å². The molecular weight excluding hydrogens is 374 g/mol. The summed E-state index contributed by atoms with van der Waals surface area (Å²) in [6.07, 6.45) is 5.04. The molecule has 0 spiro atoms. The molecule has 1 amide bonds. The lowest BCUT2D eigenvalue weighted by atomic mass is 9.87. The van der Waals surface area contributed by atoms with Crippen LogP contribution in [0.1, 0.15) is 56.9 Å². The van der Waals surface area contributed by atoms with Crippen molar-refractivity contribution < 1.29 is 9.42 Å². The van der Waals surface area contributed by atoms with Gasteiger partial charge in [-0.25, -0.2) is 4.63 Å². The van der Waals surface area contributed by atoms with E-state index in [0.717, 1.165) is 29.5 Å². The summed E-state index contributed by atoms with van der Waals surface area (Å²) in [5.74, 6) is 0.0484. The number of hydrogen-bond acceptors (Lipinski definition) is 4. The van der Waals surface area contributed by atoms with Crippen LogP contribution in [-0.4, -0.2) is 16.2 Å². The van der Waals surface area contributed by atoms with Gasteiger partial charge in [0.05, 0.1) is 0 Å². The first-order valence-corrected chi connectivity index (χ1v) is 10.4. The molecule has 0 saturated carbocycles. The van der Waals surface area contributed by atoms with Gasteiger partial charge < -0.3 is 5.32 Å². The fourth-order valence-corrected chi connectivity index (χ4v) is 3.24. The van der Waals surface area contributed by atoms with Gasteiger partial charge in [-0.3, -0.25) is 4.79 Å². The molecule has 0 aliphatic carbocycles. The minimum absolute atomic E-state index is 0.0996. The Hall–Kier alpha value is -3.21. The Morgan fingerprint density at radius 3 is 2.40 bits per heavy atom. The minimum atomic E-state index is -0.281. The van der Waals surface area contributed by atoms with Crippen molar-refractivity contribution in [3.05, 3.63) is 70.8 Å². The lowest BCUT2D eigenvalue weighted by Gasteiger charge is -2.18. The third-order valence-electron chi connectivity index (χ3n) is 5.15. The van der Waals surface area contributed by atoms with Crippen LogP contribution in [0.5, 0.6) is 0 Å². The normalized spacial score (nSPS) is 11.8. The minimum Gasteiger partial charge on any atom is -0.302 e. The average Bonchev–Trinajstić information content (AvgIpc) is 3.19. The zero-order chi connectivity index (χ0) is 21.7. The molecule has 5 heteroatoms. The number of aryl methyl sites for hydroxylation is 2. The van der Waals surface area contributed by atoms with Gasteiger partial charge in [0.15, 0.2) is 5.69 Å². The Morgan fingerprint density at radius 2 is 1.77 bits per heavy atom. The van der Waals surface area contributed by atoms with Gasteiger partial charge in [0, 0.05) is 11.6 Å². The lowest BCUT2D eigenvalue weighted by Crippen LogP contribution is -2.10. The third-order valence-corrected chi connectivity index (χ3v) is 5.15. The Balaban J connectivity index is 1.76. The predicted molar refractivity (Wildman–Crippen MR) is 121 cm³/mol. The quantitative estimate of drug-likeness (QED) is 0.527. The van der Waals surface area contributed by atoms with E-state index >= 15 is 0 Å². The molecule has 0 bridgehead atoms. The molecule has 3 aromatic rings. The third kappa shape index (κ3) is 5.03. The van der Waals surface area contributed by atoms with Crippen molar-refractivity contribution in [1.29, 1.82) is 0 Å². The van der Waals surface area contributed by atoms with E-state index in [-0.39, 0.29) is 11.3 Å². The topological polar surface area (TPSA) is 68.0 Å². The van der Waals surface area contributed by atoms with E-state index in [1.807, 2.05) is 12.1 Å². The number of amides is 1. The van der Waals surface area contributed by atoms with Crippen LogP contribution in [0.2, 0.25) is 0 Å². The number of nitrogens with one attached hydrogen (secondary N) is 1. The van der Waals surface area contributed by atoms with Crippen molar-refractivity contribution in [2.75, 3.05) is 5.32 Å². The van der Waals surface area contributed by atoms with E-state index < -0.39 is 0 Å². The van der Waals surface area contributed by atoms with Crippen LogP contribution < -0.4 is 5.32 Å². The van der Waals surface area contributed by atoms with Crippen LogP contribution in [0.25, 0.3) is 17.3 Å². The SMILES string of the molecule is CCc1ccc(CC)c(-c2nonc2NC(=O)/C=C/c2ccc(C(C)(C)C)cc2)c1. The number of carbonyl (C=O) groups is 1. The van der Waals surface area contributed by atoms with Crippen molar-refractivity contribution >= 4 is 17.8 Å². The van der Waals surface area contributed by atoms with Crippen molar-refractivity contribution in [2.24, 2.45) is 0 Å². The molecule has 0 unspecified atom stereocenters. The van der Waals surface area contributed by atoms with Crippen molar-refractivity contribution in [3.63, 3.8) is 0 Å². The largest absolute Gasteiger partial charge is 0.302 e. The molecule has 3 rings (SSSR count). The Bertz CT molecular complexity index is 1040. The molecule has 0 atom stereocenters. The number of nitrogens with zero attached hydrogens (tertiary/aromatic N) is 2. The molecule has 1 N–H and O–H groups in total. The summed E-state index contributed by atoms with van der Waals surface area (Å²) >= 11 is 0. The molecule has 1 heterocycles. The highest BCUT2D eigenvalue weighted by Crippen LogP contribution is 2.29. The van der Waals surface area contributed by atoms with Gasteiger partial charge in [-0.1, -0.05) is 71.0 Å². The van der Waals surface area contributed by atoms with Crippen LogP contribution in [0.15, 0.2) is 53.2 Å². The number of aromatic nitrogens is 2. The molecule has 0 fully saturated rings. The van der Waals surface area contributed by atoms with Gasteiger partial charge in [0.25, 0.3) is 0 Å². The summed E-state index contributed by atoms with van der Waals surface area (Å²) in [5, 5.41) is 10.7. The zero-order valence-corrected chi connectivity index (χ0v) is 18.3. The summed E-state index contributed by atoms with van der Waals surface area (Å²) in [7, 11) is 0. The summed E-state index contributed by atoms with van der Waals surface area (Å²) in [4.78, 5) is 12.5. The maximum atomic E-state index is 12.5. The van der Waals surface area contributed by atoms with Gasteiger partial charge in [-0.15, -0.1) is 0 Å². The first-order valence-electron chi connectivity index (χ1n) is 10.4. The van der Waals surface area contributed by atoms with E-state index in [4.69, 9.17) is 4.63 Å². The van der Waals surface area contributed by atoms with Crippen LogP contribution in [0.3, 0.4) is 0 Å². The van der Waals surface area contributed by atoms with Crippen LogP contribution in [0.4, 0.5) is 5.82 Å². The second-order valence-corrected chi connectivity index (χ2v) is 8.35. The van der Waals surface area contributed by atoms with Crippen molar-refractivity contribution in [1.82, 2.24) is 10.3 Å². The molecule has 0 aliphatic heterocycles. The van der Waals surface area contributed by atoms with Gasteiger partial charge in [0.2, 0.25) is 11.7 Å². The first-order chi connectivity index (χ1) is 14.3. The first kappa shape index (κ1) is 21.5. The van der Waals surface area contributed by atoms with Crippen LogP contribution >= 0.6 is 0 Å². The standard InChI is InChI=1S/C25H29N3O2/c1-6-17-8-12-19(7-2)21(16-17)23-24(28-30-27-23)26-22(29)15-11-18-9-13-20(14-10-18)25(3,4)5/h8-16H,6-7H2,1-5H3,(H,26,28,29)/b15-11+. The molecule has 156 valence electrons. The summed E-state index contributed by atoms with van der Waals surface area (Å²) < 4.78 is 4.94. The smallest absolute Gasteiger partial charge is 0.249 e. The van der Waals surface area contributed by atoms with E-state index in [1.54, 1.807) is 6.08 Å². The molecule has 0 radical (unpaired) electrons. The summed E-state index contributed by atoms with van der Waals surface area (Å²) in [5.41, 5.74) is 6.13. The molecule has 1 aromatic heterocycles. The maximum absolute atomic E-state index is 12.5. The van der Waals surface area contributed by atoms with Gasteiger partial charge >= 0.3 is 0 Å². The zero-order valence-electron chi connectivity index (χ0n) is 18.3. The van der Waals surface area contributed by atoms with E-state index in [9.17, 15) is 4.79 Å². The average molecular weight is 404 g/mol. The Kier molecular flexibility index (Phi) is 6.50. The monoisotopic (exact) mass is 403 g/mol. The van der Waals surface area contributed by atoms with E-state index in [2.05, 4.69) is 80.6 Å². The molecule has 5 nitrogen and oxygen atoms in total. The Morgan fingerprint density at radius 1 is 1.03 bits per heavy atom. The fourth-order valence-electron chi connectivity index (χ4n) is 3.24. The highest BCUT2D eigenvalue weighted by atomic mass is 16.6.